The van der Waals surface area contributed by atoms with Crippen molar-refractivity contribution in [3.8, 4) is 0 Å². The first-order valence-corrected chi connectivity index (χ1v) is 8.68. The van der Waals surface area contributed by atoms with Gasteiger partial charge in [-0.15, -0.1) is 0 Å². The van der Waals surface area contributed by atoms with Gasteiger partial charge < -0.3 is 10.0 Å². The van der Waals surface area contributed by atoms with Crippen molar-refractivity contribution in [2.75, 3.05) is 32.7 Å². The summed E-state index contributed by atoms with van der Waals surface area (Å²) in [4.78, 5) is 17.7. The lowest BCUT2D eigenvalue weighted by Gasteiger charge is -2.33. The second kappa shape index (κ2) is 10.1. The van der Waals surface area contributed by atoms with Crippen molar-refractivity contribution in [1.82, 2.24) is 24.6 Å². The Labute approximate surface area is 152 Å². The number of aromatic nitrogens is 3. The second-order valence-corrected chi connectivity index (χ2v) is 6.15. The fourth-order valence-corrected chi connectivity index (χ4v) is 2.99. The van der Waals surface area contributed by atoms with Gasteiger partial charge in [-0.2, -0.15) is 5.10 Å². The number of likely N-dealkylation sites (N-methyl/N-ethyl adjacent to an activating group) is 1. The summed E-state index contributed by atoms with van der Waals surface area (Å²) in [7, 11) is 0. The van der Waals surface area contributed by atoms with Crippen LogP contribution in [-0.4, -0.2) is 68.9 Å². The van der Waals surface area contributed by atoms with Crippen molar-refractivity contribution in [3.05, 3.63) is 47.0 Å². The maximum Gasteiger partial charge on any atom is 0.290 e. The molecular weight excluding hydrogens is 342 g/mol. The van der Waals surface area contributed by atoms with Gasteiger partial charge in [-0.25, -0.2) is 9.67 Å². The third-order valence-corrected chi connectivity index (χ3v) is 4.62. The maximum absolute atomic E-state index is 8.36. The van der Waals surface area contributed by atoms with E-state index in [0.717, 1.165) is 55.7 Å². The summed E-state index contributed by atoms with van der Waals surface area (Å²) < 4.78 is 1.95. The SMILES string of the molecule is CCN1CCN(Cc2ncnn2Cc2ccccc2Cl)CC1.O=CO. The highest BCUT2D eigenvalue weighted by molar-refractivity contribution is 6.31. The highest BCUT2D eigenvalue weighted by Gasteiger charge is 2.18. The lowest BCUT2D eigenvalue weighted by molar-refractivity contribution is -0.122. The van der Waals surface area contributed by atoms with Crippen molar-refractivity contribution in [3.63, 3.8) is 0 Å². The van der Waals surface area contributed by atoms with Gasteiger partial charge in [0.1, 0.15) is 12.2 Å². The van der Waals surface area contributed by atoms with Crippen molar-refractivity contribution >= 4 is 18.1 Å². The monoisotopic (exact) mass is 365 g/mol. The van der Waals surface area contributed by atoms with Gasteiger partial charge in [0.2, 0.25) is 0 Å². The van der Waals surface area contributed by atoms with E-state index >= 15 is 0 Å². The zero-order valence-corrected chi connectivity index (χ0v) is 15.1. The van der Waals surface area contributed by atoms with Gasteiger partial charge in [-0.1, -0.05) is 36.7 Å². The minimum atomic E-state index is -0.250. The number of nitrogens with zero attached hydrogens (tertiary/aromatic N) is 5. The van der Waals surface area contributed by atoms with Crippen molar-refractivity contribution in [2.45, 2.75) is 20.0 Å². The third kappa shape index (κ3) is 5.81. The zero-order chi connectivity index (χ0) is 18.1. The van der Waals surface area contributed by atoms with Crippen molar-refractivity contribution in [1.29, 1.82) is 0 Å². The largest absolute Gasteiger partial charge is 0.483 e. The molecule has 2 aromatic rings. The van der Waals surface area contributed by atoms with E-state index < -0.39 is 0 Å². The molecular formula is C17H24ClN5O2. The molecule has 0 spiro atoms. The van der Waals surface area contributed by atoms with Gasteiger partial charge in [0.15, 0.2) is 0 Å². The van der Waals surface area contributed by atoms with E-state index in [0.29, 0.717) is 6.54 Å². The van der Waals surface area contributed by atoms with Crippen LogP contribution in [0, 0.1) is 0 Å². The number of hydrogen-bond donors (Lipinski definition) is 1. The van der Waals surface area contributed by atoms with Gasteiger partial charge in [0.05, 0.1) is 13.1 Å². The summed E-state index contributed by atoms with van der Waals surface area (Å²) in [6.07, 6.45) is 1.63. The Bertz CT molecular complexity index is 656. The minimum Gasteiger partial charge on any atom is -0.483 e. The first-order valence-electron chi connectivity index (χ1n) is 8.30. The molecule has 0 atom stereocenters. The number of piperazine rings is 1. The molecule has 7 nitrogen and oxygen atoms in total. The summed E-state index contributed by atoms with van der Waals surface area (Å²) in [5, 5.41) is 12.0. The number of hydrogen-bond acceptors (Lipinski definition) is 5. The molecule has 1 fully saturated rings. The van der Waals surface area contributed by atoms with Crippen LogP contribution in [0.25, 0.3) is 0 Å². The molecule has 1 aliphatic heterocycles. The highest BCUT2D eigenvalue weighted by atomic mass is 35.5. The topological polar surface area (TPSA) is 74.5 Å². The van der Waals surface area contributed by atoms with Crippen LogP contribution in [0.3, 0.4) is 0 Å². The Hall–Kier alpha value is -1.96. The molecule has 8 heteroatoms. The van der Waals surface area contributed by atoms with Crippen LogP contribution in [-0.2, 0) is 17.9 Å². The Kier molecular flexibility index (Phi) is 7.84. The normalized spacial score (nSPS) is 15.4. The fourth-order valence-electron chi connectivity index (χ4n) is 2.79. The molecule has 2 heterocycles. The summed E-state index contributed by atoms with van der Waals surface area (Å²) in [6.45, 7) is 9.07. The number of benzene rings is 1. The number of carboxylic acid groups (broad SMARTS) is 1. The molecule has 0 saturated carbocycles. The Balaban J connectivity index is 0.000000701. The van der Waals surface area contributed by atoms with Gasteiger partial charge in [-0.05, 0) is 18.2 Å². The van der Waals surface area contributed by atoms with Crippen LogP contribution in [0.15, 0.2) is 30.6 Å². The zero-order valence-electron chi connectivity index (χ0n) is 14.4. The average molecular weight is 366 g/mol. The first-order chi connectivity index (χ1) is 12.2. The number of halogens is 1. The van der Waals surface area contributed by atoms with Crippen LogP contribution >= 0.6 is 11.6 Å². The summed E-state index contributed by atoms with van der Waals surface area (Å²) >= 11 is 6.24. The maximum atomic E-state index is 8.36. The molecule has 0 amide bonds. The smallest absolute Gasteiger partial charge is 0.290 e. The first kappa shape index (κ1) is 19.4. The van der Waals surface area contributed by atoms with Gasteiger partial charge >= 0.3 is 0 Å². The van der Waals surface area contributed by atoms with Crippen LogP contribution in [0.5, 0.6) is 0 Å². The highest BCUT2D eigenvalue weighted by Crippen LogP contribution is 2.16. The van der Waals surface area contributed by atoms with Gasteiger partial charge in [-0.3, -0.25) is 9.69 Å². The van der Waals surface area contributed by atoms with Crippen molar-refractivity contribution < 1.29 is 9.90 Å². The molecule has 3 rings (SSSR count). The lowest BCUT2D eigenvalue weighted by atomic mass is 10.2. The molecule has 0 unspecified atom stereocenters. The summed E-state index contributed by atoms with van der Waals surface area (Å²) in [5.41, 5.74) is 1.08. The third-order valence-electron chi connectivity index (χ3n) is 4.25. The molecule has 25 heavy (non-hydrogen) atoms. The quantitative estimate of drug-likeness (QED) is 0.815. The fraction of sp³-hybridized carbons (Fsp3) is 0.471. The molecule has 1 aromatic heterocycles. The van der Waals surface area contributed by atoms with E-state index in [1.165, 1.54) is 0 Å². The molecule has 1 aliphatic rings. The molecule has 0 aliphatic carbocycles. The molecule has 0 bridgehead atoms. The van der Waals surface area contributed by atoms with E-state index in [1.807, 2.05) is 28.9 Å². The molecule has 1 aromatic carbocycles. The predicted octanol–water partition coefficient (Wildman–Crippen LogP) is 1.82. The number of rotatable bonds is 5. The standard InChI is InChI=1S/C16H22ClN5.CH2O2/c1-2-20-7-9-21(10-8-20)12-16-18-13-19-22(16)11-14-5-3-4-6-15(14)17;2-1-3/h3-6,13H,2,7-12H2,1H3;1H,(H,2,3). The van der Waals surface area contributed by atoms with Crippen LogP contribution in [0.1, 0.15) is 18.3 Å². The minimum absolute atomic E-state index is 0.250. The van der Waals surface area contributed by atoms with E-state index in [1.54, 1.807) is 6.33 Å². The van der Waals surface area contributed by atoms with E-state index in [2.05, 4.69) is 26.8 Å². The van der Waals surface area contributed by atoms with Gasteiger partial charge in [0.25, 0.3) is 6.47 Å². The predicted molar refractivity (Wildman–Crippen MR) is 96.7 cm³/mol. The van der Waals surface area contributed by atoms with Crippen LogP contribution in [0.2, 0.25) is 5.02 Å². The molecule has 1 saturated heterocycles. The van der Waals surface area contributed by atoms with Gasteiger partial charge in [0, 0.05) is 31.2 Å². The molecule has 136 valence electrons. The van der Waals surface area contributed by atoms with Crippen LogP contribution < -0.4 is 0 Å². The summed E-state index contributed by atoms with van der Waals surface area (Å²) in [6, 6.07) is 7.90. The Morgan fingerprint density at radius 1 is 1.16 bits per heavy atom. The van der Waals surface area contributed by atoms with E-state index in [4.69, 9.17) is 21.5 Å². The lowest BCUT2D eigenvalue weighted by Crippen LogP contribution is -2.45. The van der Waals surface area contributed by atoms with Crippen LogP contribution in [0.4, 0.5) is 0 Å². The average Bonchev–Trinajstić information content (AvgIpc) is 3.05. The Morgan fingerprint density at radius 2 is 1.80 bits per heavy atom. The number of carbonyl (C=O) groups is 1. The molecule has 1 N–H and O–H groups in total. The van der Waals surface area contributed by atoms with E-state index in [-0.39, 0.29) is 6.47 Å². The second-order valence-electron chi connectivity index (χ2n) is 5.74. The van der Waals surface area contributed by atoms with E-state index in [9.17, 15) is 0 Å². The van der Waals surface area contributed by atoms with Crippen molar-refractivity contribution in [2.24, 2.45) is 0 Å². The Morgan fingerprint density at radius 3 is 2.44 bits per heavy atom. The molecule has 0 radical (unpaired) electrons. The summed E-state index contributed by atoms with van der Waals surface area (Å²) in [5.74, 6) is 1.00.